The van der Waals surface area contributed by atoms with Crippen molar-refractivity contribution in [1.29, 1.82) is 0 Å². The normalized spacial score (nSPS) is 17.2. The van der Waals surface area contributed by atoms with Gasteiger partial charge >= 0.3 is 0 Å². The van der Waals surface area contributed by atoms with Gasteiger partial charge in [-0.15, -0.1) is 0 Å². The molecule has 1 aromatic heterocycles. The fourth-order valence-electron chi connectivity index (χ4n) is 3.56. The molecule has 0 saturated carbocycles. The molecule has 1 N–H and O–H groups in total. The molecule has 1 fully saturated rings. The number of carbonyl (C=O) groups excluding carboxylic acids is 1. The van der Waals surface area contributed by atoms with E-state index in [4.69, 9.17) is 0 Å². The highest BCUT2D eigenvalue weighted by molar-refractivity contribution is 6.06. The number of pyridine rings is 1. The summed E-state index contributed by atoms with van der Waals surface area (Å²) in [5.74, 6) is -0.428. The fraction of sp³-hybridized carbons (Fsp3) is 0.200. The van der Waals surface area contributed by atoms with Crippen LogP contribution in [0.25, 0.3) is 10.9 Å². The number of nitrogens with zero attached hydrogens (tertiary/aromatic N) is 1. The number of carbonyl (C=O) groups is 1. The maximum Gasteiger partial charge on any atom is 0.254 e. The molecule has 1 saturated heterocycles. The zero-order valence-electron chi connectivity index (χ0n) is 13.5. The van der Waals surface area contributed by atoms with Crippen LogP contribution in [-0.2, 0) is 0 Å². The third-order valence-electron chi connectivity index (χ3n) is 4.80. The third-order valence-corrected chi connectivity index (χ3v) is 4.80. The van der Waals surface area contributed by atoms with Crippen LogP contribution in [0.15, 0.2) is 59.4 Å². The Kier molecular flexibility index (Phi) is 3.84. The molecular formula is C20H17FN2O2. The zero-order chi connectivity index (χ0) is 17.4. The average molecular weight is 336 g/mol. The smallest absolute Gasteiger partial charge is 0.254 e. The van der Waals surface area contributed by atoms with E-state index in [1.807, 2.05) is 24.3 Å². The molecule has 1 unspecified atom stereocenters. The van der Waals surface area contributed by atoms with Gasteiger partial charge in [-0.3, -0.25) is 9.59 Å². The fourth-order valence-corrected chi connectivity index (χ4v) is 3.56. The van der Waals surface area contributed by atoms with Gasteiger partial charge in [0.25, 0.3) is 5.91 Å². The molecule has 4 nitrogen and oxygen atoms in total. The SMILES string of the molecule is O=C(c1cc(=O)[nH]c2ccccc12)N1CCC(c2ccccc2F)C1. The Morgan fingerprint density at radius 2 is 1.88 bits per heavy atom. The predicted molar refractivity (Wildman–Crippen MR) is 94.2 cm³/mol. The van der Waals surface area contributed by atoms with Gasteiger partial charge in [0.1, 0.15) is 5.82 Å². The molecule has 1 aliphatic rings. The topological polar surface area (TPSA) is 53.2 Å². The number of rotatable bonds is 2. The van der Waals surface area contributed by atoms with Gasteiger partial charge < -0.3 is 9.88 Å². The Morgan fingerprint density at radius 1 is 1.12 bits per heavy atom. The molecule has 25 heavy (non-hydrogen) atoms. The summed E-state index contributed by atoms with van der Waals surface area (Å²) in [6, 6.07) is 15.3. The van der Waals surface area contributed by atoms with Gasteiger partial charge in [0.2, 0.25) is 5.56 Å². The van der Waals surface area contributed by atoms with E-state index in [1.54, 1.807) is 23.1 Å². The van der Waals surface area contributed by atoms with Crippen molar-refractivity contribution >= 4 is 16.8 Å². The molecule has 3 aromatic rings. The summed E-state index contributed by atoms with van der Waals surface area (Å²) in [7, 11) is 0. The largest absolute Gasteiger partial charge is 0.338 e. The van der Waals surface area contributed by atoms with Crippen molar-refractivity contribution < 1.29 is 9.18 Å². The number of hydrogen-bond acceptors (Lipinski definition) is 2. The monoisotopic (exact) mass is 336 g/mol. The Bertz CT molecular complexity index is 1010. The quantitative estimate of drug-likeness (QED) is 0.781. The number of aromatic amines is 1. The van der Waals surface area contributed by atoms with Gasteiger partial charge in [0, 0.05) is 36.0 Å². The summed E-state index contributed by atoms with van der Waals surface area (Å²) in [5, 5.41) is 0.724. The van der Waals surface area contributed by atoms with Gasteiger partial charge in [-0.25, -0.2) is 4.39 Å². The van der Waals surface area contributed by atoms with Crippen LogP contribution < -0.4 is 5.56 Å². The number of aromatic nitrogens is 1. The maximum absolute atomic E-state index is 14.0. The molecule has 0 aliphatic carbocycles. The van der Waals surface area contributed by atoms with E-state index in [-0.39, 0.29) is 23.2 Å². The molecule has 2 aromatic carbocycles. The molecule has 0 spiro atoms. The summed E-state index contributed by atoms with van der Waals surface area (Å²) in [6.07, 6.45) is 0.716. The predicted octanol–water partition coefficient (Wildman–Crippen LogP) is 3.30. The first-order chi connectivity index (χ1) is 12.1. The van der Waals surface area contributed by atoms with Crippen molar-refractivity contribution in [2.75, 3.05) is 13.1 Å². The molecule has 2 heterocycles. The highest BCUT2D eigenvalue weighted by Crippen LogP contribution is 2.30. The molecule has 126 valence electrons. The van der Waals surface area contributed by atoms with Crippen LogP contribution in [-0.4, -0.2) is 28.9 Å². The van der Waals surface area contributed by atoms with Crippen molar-refractivity contribution in [1.82, 2.24) is 9.88 Å². The Balaban J connectivity index is 1.65. The van der Waals surface area contributed by atoms with E-state index in [0.29, 0.717) is 36.2 Å². The molecule has 0 radical (unpaired) electrons. The maximum atomic E-state index is 14.0. The summed E-state index contributed by atoms with van der Waals surface area (Å²) in [5.41, 5.74) is 1.39. The minimum absolute atomic E-state index is 0.0154. The number of benzene rings is 2. The lowest BCUT2D eigenvalue weighted by atomic mass is 9.98. The van der Waals surface area contributed by atoms with Crippen molar-refractivity contribution in [3.8, 4) is 0 Å². The number of likely N-dealkylation sites (tertiary alicyclic amines) is 1. The molecule has 1 aliphatic heterocycles. The number of para-hydroxylation sites is 1. The lowest BCUT2D eigenvalue weighted by molar-refractivity contribution is 0.0792. The van der Waals surface area contributed by atoms with Crippen LogP contribution in [0.5, 0.6) is 0 Å². The van der Waals surface area contributed by atoms with Crippen LogP contribution in [0.4, 0.5) is 4.39 Å². The number of halogens is 1. The standard InChI is InChI=1S/C20H17FN2O2/c21-17-7-3-1-5-14(17)13-9-10-23(12-13)20(25)16-11-19(24)22-18-8-4-2-6-15(16)18/h1-8,11,13H,9-10,12H2,(H,22,24). The van der Waals surface area contributed by atoms with Crippen LogP contribution in [0, 0.1) is 5.82 Å². The number of hydrogen-bond donors (Lipinski definition) is 1. The second-order valence-corrected chi connectivity index (χ2v) is 6.35. The number of nitrogens with one attached hydrogen (secondary N) is 1. The molecule has 4 rings (SSSR count). The first kappa shape index (κ1) is 15.6. The highest BCUT2D eigenvalue weighted by Gasteiger charge is 2.30. The van der Waals surface area contributed by atoms with Crippen molar-refractivity contribution in [2.45, 2.75) is 12.3 Å². The second-order valence-electron chi connectivity index (χ2n) is 6.35. The highest BCUT2D eigenvalue weighted by atomic mass is 19.1. The van der Waals surface area contributed by atoms with Crippen molar-refractivity contribution in [3.05, 3.63) is 81.9 Å². The summed E-state index contributed by atoms with van der Waals surface area (Å²) in [4.78, 5) is 29.3. The summed E-state index contributed by atoms with van der Waals surface area (Å²) in [6.45, 7) is 1.01. The van der Waals surface area contributed by atoms with E-state index in [9.17, 15) is 14.0 Å². The van der Waals surface area contributed by atoms with Gasteiger partial charge in [-0.2, -0.15) is 0 Å². The lowest BCUT2D eigenvalue weighted by Gasteiger charge is -2.18. The van der Waals surface area contributed by atoms with Crippen LogP contribution in [0.3, 0.4) is 0 Å². The third kappa shape index (κ3) is 2.82. The summed E-state index contributed by atoms with van der Waals surface area (Å²) < 4.78 is 14.0. The summed E-state index contributed by atoms with van der Waals surface area (Å²) >= 11 is 0. The van der Waals surface area contributed by atoms with E-state index in [0.717, 1.165) is 5.39 Å². The van der Waals surface area contributed by atoms with Crippen molar-refractivity contribution in [2.24, 2.45) is 0 Å². The van der Waals surface area contributed by atoms with Crippen LogP contribution >= 0.6 is 0 Å². The van der Waals surface area contributed by atoms with Crippen LogP contribution in [0.1, 0.15) is 28.3 Å². The van der Waals surface area contributed by atoms with E-state index < -0.39 is 0 Å². The molecule has 0 bridgehead atoms. The van der Waals surface area contributed by atoms with Crippen molar-refractivity contribution in [3.63, 3.8) is 0 Å². The van der Waals surface area contributed by atoms with Crippen LogP contribution in [0.2, 0.25) is 0 Å². The molecule has 5 heteroatoms. The first-order valence-electron chi connectivity index (χ1n) is 8.29. The molecular weight excluding hydrogens is 319 g/mol. The average Bonchev–Trinajstić information content (AvgIpc) is 3.10. The Morgan fingerprint density at radius 3 is 2.72 bits per heavy atom. The molecule has 1 amide bonds. The Hall–Kier alpha value is -2.95. The van der Waals surface area contributed by atoms with E-state index in [2.05, 4.69) is 4.98 Å². The minimum Gasteiger partial charge on any atom is -0.338 e. The van der Waals surface area contributed by atoms with Gasteiger partial charge in [0.05, 0.1) is 5.56 Å². The van der Waals surface area contributed by atoms with E-state index >= 15 is 0 Å². The number of fused-ring (bicyclic) bond motifs is 1. The number of amides is 1. The van der Waals surface area contributed by atoms with E-state index in [1.165, 1.54) is 12.1 Å². The van der Waals surface area contributed by atoms with Gasteiger partial charge in [0.15, 0.2) is 0 Å². The van der Waals surface area contributed by atoms with Gasteiger partial charge in [-0.1, -0.05) is 36.4 Å². The lowest BCUT2D eigenvalue weighted by Crippen LogP contribution is -2.29. The second kappa shape index (κ2) is 6.16. The minimum atomic E-state index is -0.299. The zero-order valence-corrected chi connectivity index (χ0v) is 13.5. The Labute approximate surface area is 143 Å². The van der Waals surface area contributed by atoms with Gasteiger partial charge in [-0.05, 0) is 24.1 Å². The first-order valence-corrected chi connectivity index (χ1v) is 8.29. The number of H-pyrrole nitrogens is 1. The molecule has 1 atom stereocenters.